The van der Waals surface area contributed by atoms with E-state index in [-0.39, 0.29) is 5.66 Å². The van der Waals surface area contributed by atoms with E-state index in [9.17, 15) is 4.79 Å². The number of nitrogens with one attached hydrogen (secondary N) is 1. The number of aliphatic carboxylic acids is 1. The minimum absolute atomic E-state index is 0.201. The van der Waals surface area contributed by atoms with Gasteiger partial charge in [-0.25, -0.2) is 0 Å². The van der Waals surface area contributed by atoms with E-state index in [1.807, 2.05) is 0 Å². The van der Waals surface area contributed by atoms with Crippen molar-refractivity contribution >= 4 is 5.97 Å². The number of unbranched alkanes of at least 4 members (excludes halogenated alkanes) is 4. The molecular weight excluding hydrogens is 264 g/mol. The van der Waals surface area contributed by atoms with E-state index >= 15 is 0 Å². The van der Waals surface area contributed by atoms with Crippen molar-refractivity contribution < 1.29 is 9.90 Å². The second kappa shape index (κ2) is 8.42. The van der Waals surface area contributed by atoms with Crippen LogP contribution in [0.4, 0.5) is 0 Å². The Balaban J connectivity index is 1.69. The third-order valence-corrected chi connectivity index (χ3v) is 4.81. The molecule has 1 atom stereocenters. The van der Waals surface area contributed by atoms with Gasteiger partial charge >= 0.3 is 5.97 Å². The number of hydrogen-bond donors (Lipinski definition) is 2. The summed E-state index contributed by atoms with van der Waals surface area (Å²) in [6.45, 7) is 2.32. The molecule has 0 saturated carbocycles. The quantitative estimate of drug-likeness (QED) is 0.673. The number of allylic oxidation sites excluding steroid dienone is 1. The highest BCUT2D eigenvalue weighted by Crippen LogP contribution is 2.31. The normalized spacial score (nSPS) is 25.4. The number of carboxylic acids is 1. The molecule has 21 heavy (non-hydrogen) atoms. The fraction of sp³-hybridized carbons (Fsp3) is 0.824. The molecule has 1 saturated heterocycles. The monoisotopic (exact) mass is 294 g/mol. The number of carbonyl (C=O) groups is 1. The first-order valence-corrected chi connectivity index (χ1v) is 8.63. The summed E-state index contributed by atoms with van der Waals surface area (Å²) in [7, 11) is 0. The molecule has 4 nitrogen and oxygen atoms in total. The zero-order valence-electron chi connectivity index (χ0n) is 13.1. The SMILES string of the molecule is O=C(O)CCCCCCCC12CCCC=CN1CCCN2. The van der Waals surface area contributed by atoms with Crippen LogP contribution in [0.2, 0.25) is 0 Å². The summed E-state index contributed by atoms with van der Waals surface area (Å²) in [6, 6.07) is 0. The number of nitrogens with zero attached hydrogens (tertiary/aromatic N) is 1. The van der Waals surface area contributed by atoms with E-state index in [1.165, 1.54) is 57.9 Å². The molecule has 0 aromatic heterocycles. The first-order valence-electron chi connectivity index (χ1n) is 8.63. The molecule has 2 aliphatic heterocycles. The smallest absolute Gasteiger partial charge is 0.303 e. The van der Waals surface area contributed by atoms with Gasteiger partial charge in [-0.15, -0.1) is 0 Å². The van der Waals surface area contributed by atoms with Gasteiger partial charge in [0.1, 0.15) is 0 Å². The van der Waals surface area contributed by atoms with Gasteiger partial charge in [-0.3, -0.25) is 10.1 Å². The fourth-order valence-corrected chi connectivity index (χ4v) is 3.63. The van der Waals surface area contributed by atoms with Gasteiger partial charge in [-0.05, 0) is 57.7 Å². The molecule has 1 unspecified atom stereocenters. The van der Waals surface area contributed by atoms with Crippen LogP contribution in [-0.2, 0) is 4.79 Å². The van der Waals surface area contributed by atoms with Gasteiger partial charge < -0.3 is 10.0 Å². The van der Waals surface area contributed by atoms with E-state index in [0.29, 0.717) is 6.42 Å². The zero-order chi connectivity index (χ0) is 15.0. The molecular formula is C17H30N2O2. The molecule has 4 heteroatoms. The Morgan fingerprint density at radius 2 is 2.00 bits per heavy atom. The van der Waals surface area contributed by atoms with Crippen LogP contribution < -0.4 is 5.32 Å². The standard InChI is InChI=1S/C17H30N2O2/c20-16(21)10-5-2-1-3-6-11-17-12-7-4-8-14-19(17)15-9-13-18-17/h8,14,18H,1-7,9-13,15H2,(H,20,21). The van der Waals surface area contributed by atoms with Crippen LogP contribution in [0.25, 0.3) is 0 Å². The Bertz CT molecular complexity index is 357. The van der Waals surface area contributed by atoms with E-state index in [0.717, 1.165) is 19.4 Å². The van der Waals surface area contributed by atoms with Crippen LogP contribution in [0.1, 0.15) is 70.6 Å². The first-order chi connectivity index (χ1) is 10.2. The highest BCUT2D eigenvalue weighted by molar-refractivity contribution is 5.66. The van der Waals surface area contributed by atoms with Gasteiger partial charge in [-0.1, -0.05) is 25.3 Å². The summed E-state index contributed by atoms with van der Waals surface area (Å²) >= 11 is 0. The Morgan fingerprint density at radius 3 is 2.86 bits per heavy atom. The van der Waals surface area contributed by atoms with E-state index in [1.54, 1.807) is 0 Å². The molecule has 2 N–H and O–H groups in total. The van der Waals surface area contributed by atoms with Gasteiger partial charge in [0.05, 0.1) is 5.66 Å². The molecule has 120 valence electrons. The van der Waals surface area contributed by atoms with Gasteiger partial charge in [0.2, 0.25) is 0 Å². The van der Waals surface area contributed by atoms with Crippen molar-refractivity contribution in [3.05, 3.63) is 12.3 Å². The van der Waals surface area contributed by atoms with Crippen molar-refractivity contribution in [2.75, 3.05) is 13.1 Å². The Labute approximate surface area is 128 Å². The summed E-state index contributed by atoms with van der Waals surface area (Å²) in [6.07, 6.45) is 16.6. The van der Waals surface area contributed by atoms with Crippen molar-refractivity contribution in [2.45, 2.75) is 76.3 Å². The Kier molecular flexibility index (Phi) is 6.55. The lowest BCUT2D eigenvalue weighted by Gasteiger charge is -2.47. The average molecular weight is 294 g/mol. The maximum absolute atomic E-state index is 10.5. The maximum Gasteiger partial charge on any atom is 0.303 e. The van der Waals surface area contributed by atoms with Crippen molar-refractivity contribution in [1.82, 2.24) is 10.2 Å². The predicted octanol–water partition coefficient (Wildman–Crippen LogP) is 3.49. The van der Waals surface area contributed by atoms with E-state index < -0.39 is 5.97 Å². The Hall–Kier alpha value is -1.03. The van der Waals surface area contributed by atoms with Gasteiger partial charge in [-0.2, -0.15) is 0 Å². The third kappa shape index (κ3) is 5.03. The fourth-order valence-electron chi connectivity index (χ4n) is 3.63. The third-order valence-electron chi connectivity index (χ3n) is 4.81. The molecule has 0 aliphatic carbocycles. The average Bonchev–Trinajstić information content (AvgIpc) is 2.68. The summed E-state index contributed by atoms with van der Waals surface area (Å²) in [5.74, 6) is -0.666. The van der Waals surface area contributed by atoms with Crippen molar-refractivity contribution in [2.24, 2.45) is 0 Å². The lowest BCUT2D eigenvalue weighted by atomic mass is 9.92. The second-order valence-electron chi connectivity index (χ2n) is 6.44. The molecule has 0 amide bonds. The minimum atomic E-state index is -0.666. The van der Waals surface area contributed by atoms with Crippen LogP contribution in [0.5, 0.6) is 0 Å². The van der Waals surface area contributed by atoms with Gasteiger partial charge in [0, 0.05) is 13.0 Å². The molecule has 0 bridgehead atoms. The molecule has 0 aromatic rings. The molecule has 0 aromatic carbocycles. The van der Waals surface area contributed by atoms with Crippen molar-refractivity contribution in [3.63, 3.8) is 0 Å². The van der Waals surface area contributed by atoms with Crippen molar-refractivity contribution in [1.29, 1.82) is 0 Å². The second-order valence-corrected chi connectivity index (χ2v) is 6.44. The number of hydrogen-bond acceptors (Lipinski definition) is 3. The molecule has 1 fully saturated rings. The van der Waals surface area contributed by atoms with Crippen LogP contribution in [-0.4, -0.2) is 34.7 Å². The molecule has 2 heterocycles. The summed E-state index contributed by atoms with van der Waals surface area (Å²) in [5.41, 5.74) is 0.201. The molecule has 0 spiro atoms. The maximum atomic E-state index is 10.5. The van der Waals surface area contributed by atoms with Crippen LogP contribution in [0.3, 0.4) is 0 Å². The molecule has 2 aliphatic rings. The van der Waals surface area contributed by atoms with E-state index in [2.05, 4.69) is 22.5 Å². The van der Waals surface area contributed by atoms with E-state index in [4.69, 9.17) is 5.11 Å². The first kappa shape index (κ1) is 16.3. The molecule has 2 rings (SSSR count). The largest absolute Gasteiger partial charge is 0.481 e. The number of rotatable bonds is 8. The lowest BCUT2D eigenvalue weighted by Crippen LogP contribution is -2.60. The van der Waals surface area contributed by atoms with Crippen LogP contribution in [0.15, 0.2) is 12.3 Å². The highest BCUT2D eigenvalue weighted by atomic mass is 16.4. The predicted molar refractivity (Wildman–Crippen MR) is 85.0 cm³/mol. The topological polar surface area (TPSA) is 52.6 Å². The Morgan fingerprint density at radius 1 is 1.19 bits per heavy atom. The number of carboxylic acid groups (broad SMARTS) is 1. The van der Waals surface area contributed by atoms with Crippen molar-refractivity contribution in [3.8, 4) is 0 Å². The molecule has 0 radical (unpaired) electrons. The zero-order valence-corrected chi connectivity index (χ0v) is 13.1. The minimum Gasteiger partial charge on any atom is -0.481 e. The lowest BCUT2D eigenvalue weighted by molar-refractivity contribution is -0.137. The van der Waals surface area contributed by atoms with Crippen LogP contribution in [0, 0.1) is 0 Å². The van der Waals surface area contributed by atoms with Crippen LogP contribution >= 0.6 is 0 Å². The summed E-state index contributed by atoms with van der Waals surface area (Å²) in [4.78, 5) is 13.0. The summed E-state index contributed by atoms with van der Waals surface area (Å²) in [5, 5.41) is 12.4. The highest BCUT2D eigenvalue weighted by Gasteiger charge is 2.36. The number of fused-ring (bicyclic) bond motifs is 1. The van der Waals surface area contributed by atoms with Gasteiger partial charge in [0.15, 0.2) is 0 Å². The summed E-state index contributed by atoms with van der Waals surface area (Å²) < 4.78 is 0. The van der Waals surface area contributed by atoms with Gasteiger partial charge in [0.25, 0.3) is 0 Å².